The second kappa shape index (κ2) is 6.88. The van der Waals surface area contributed by atoms with Crippen LogP contribution in [0, 0.1) is 0 Å². The van der Waals surface area contributed by atoms with Gasteiger partial charge in [0, 0.05) is 6.07 Å². The van der Waals surface area contributed by atoms with Gasteiger partial charge in [-0.3, -0.25) is 9.78 Å². The Balaban J connectivity index is 2.57. The second-order valence-electron chi connectivity index (χ2n) is 6.44. The summed E-state index contributed by atoms with van der Waals surface area (Å²) in [5.41, 5.74) is -2.64. The predicted molar refractivity (Wildman–Crippen MR) is 97.7 cm³/mol. The SMILES string of the molecule is CC(C)S(=O)(=O)c1c(Cl)ccc(Nc2nc(C(C)(C)F)cc(=O)[nH]2)c1O. The van der Waals surface area contributed by atoms with E-state index in [4.69, 9.17) is 11.6 Å². The van der Waals surface area contributed by atoms with Crippen molar-refractivity contribution in [2.75, 3.05) is 5.32 Å². The van der Waals surface area contributed by atoms with Gasteiger partial charge in [-0.1, -0.05) is 11.6 Å². The highest BCUT2D eigenvalue weighted by atomic mass is 35.5. The number of aromatic amines is 1. The summed E-state index contributed by atoms with van der Waals surface area (Å²) in [4.78, 5) is 17.6. The second-order valence-corrected chi connectivity index (χ2v) is 9.29. The van der Waals surface area contributed by atoms with E-state index < -0.39 is 37.0 Å². The largest absolute Gasteiger partial charge is 0.504 e. The molecule has 1 heterocycles. The lowest BCUT2D eigenvalue weighted by Gasteiger charge is -2.17. The maximum absolute atomic E-state index is 14.1. The third kappa shape index (κ3) is 3.99. The zero-order valence-corrected chi connectivity index (χ0v) is 16.2. The Kier molecular flexibility index (Phi) is 5.34. The molecule has 0 saturated heterocycles. The van der Waals surface area contributed by atoms with E-state index in [2.05, 4.69) is 15.3 Å². The molecule has 0 amide bonds. The number of aromatic nitrogens is 2. The van der Waals surface area contributed by atoms with Gasteiger partial charge >= 0.3 is 0 Å². The summed E-state index contributed by atoms with van der Waals surface area (Å²) in [6, 6.07) is 3.63. The summed E-state index contributed by atoms with van der Waals surface area (Å²) in [6.45, 7) is 5.39. The van der Waals surface area contributed by atoms with Crippen molar-refractivity contribution < 1.29 is 17.9 Å². The molecule has 0 aliphatic heterocycles. The molecule has 26 heavy (non-hydrogen) atoms. The highest BCUT2D eigenvalue weighted by Crippen LogP contribution is 2.39. The Labute approximate surface area is 155 Å². The third-order valence-corrected chi connectivity index (χ3v) is 6.24. The van der Waals surface area contributed by atoms with Crippen molar-refractivity contribution in [3.63, 3.8) is 0 Å². The number of H-pyrrole nitrogens is 1. The van der Waals surface area contributed by atoms with Crippen molar-refractivity contribution >= 4 is 33.1 Å². The number of phenols is 1. The first-order valence-electron chi connectivity index (χ1n) is 7.67. The fourth-order valence-electron chi connectivity index (χ4n) is 2.10. The van der Waals surface area contributed by atoms with Crippen LogP contribution in [0.2, 0.25) is 5.02 Å². The van der Waals surface area contributed by atoms with E-state index in [0.717, 1.165) is 6.07 Å². The van der Waals surface area contributed by atoms with Crippen molar-refractivity contribution in [1.29, 1.82) is 0 Å². The van der Waals surface area contributed by atoms with Gasteiger partial charge in [0.15, 0.2) is 15.6 Å². The molecule has 1 aromatic heterocycles. The van der Waals surface area contributed by atoms with Crippen LogP contribution in [0.4, 0.5) is 16.0 Å². The number of halogens is 2. The van der Waals surface area contributed by atoms with E-state index in [1.54, 1.807) is 0 Å². The van der Waals surface area contributed by atoms with Crippen LogP contribution in [0.3, 0.4) is 0 Å². The van der Waals surface area contributed by atoms with E-state index in [1.807, 2.05) is 0 Å². The predicted octanol–water partition coefficient (Wildman–Crippen LogP) is 3.26. The molecule has 2 aromatic rings. The van der Waals surface area contributed by atoms with Crippen LogP contribution in [0.5, 0.6) is 5.75 Å². The molecule has 2 rings (SSSR count). The number of hydrogen-bond donors (Lipinski definition) is 3. The number of rotatable bonds is 5. The van der Waals surface area contributed by atoms with Crippen LogP contribution in [0.15, 0.2) is 27.9 Å². The molecule has 0 unspecified atom stereocenters. The van der Waals surface area contributed by atoms with E-state index in [0.29, 0.717) is 0 Å². The van der Waals surface area contributed by atoms with Gasteiger partial charge < -0.3 is 10.4 Å². The zero-order chi connectivity index (χ0) is 19.9. The smallest absolute Gasteiger partial charge is 0.252 e. The first-order chi connectivity index (χ1) is 11.8. The fraction of sp³-hybridized carbons (Fsp3) is 0.375. The lowest BCUT2D eigenvalue weighted by atomic mass is 10.1. The minimum atomic E-state index is -3.87. The molecule has 0 aliphatic rings. The Morgan fingerprint density at radius 3 is 2.50 bits per heavy atom. The highest BCUT2D eigenvalue weighted by molar-refractivity contribution is 7.92. The molecule has 142 valence electrons. The topological polar surface area (TPSA) is 112 Å². The normalized spacial score (nSPS) is 12.4. The minimum absolute atomic E-state index is 0.0504. The molecule has 0 aliphatic carbocycles. The standard InChI is InChI=1S/C16H19ClFN3O4S/c1-8(2)26(24,25)14-9(17)5-6-10(13(14)23)19-15-20-11(16(3,4)18)7-12(22)21-15/h5-8,23H,1-4H3,(H2,19,20,21,22). The summed E-state index contributed by atoms with van der Waals surface area (Å²) in [6.07, 6.45) is 0. The number of sulfone groups is 1. The molecule has 0 fully saturated rings. The summed E-state index contributed by atoms with van der Waals surface area (Å²) >= 11 is 5.95. The Morgan fingerprint density at radius 2 is 1.96 bits per heavy atom. The number of alkyl halides is 1. The van der Waals surface area contributed by atoms with Crippen LogP contribution in [0.1, 0.15) is 33.4 Å². The lowest BCUT2D eigenvalue weighted by molar-refractivity contribution is 0.214. The number of benzene rings is 1. The van der Waals surface area contributed by atoms with Gasteiger partial charge in [0.05, 0.1) is 21.7 Å². The third-order valence-electron chi connectivity index (χ3n) is 3.59. The minimum Gasteiger partial charge on any atom is -0.504 e. The summed E-state index contributed by atoms with van der Waals surface area (Å²) in [5, 5.41) is 12.0. The molecule has 1 aromatic carbocycles. The molecule has 7 nitrogen and oxygen atoms in total. The molecule has 0 saturated carbocycles. The number of aromatic hydroxyl groups is 1. The first-order valence-corrected chi connectivity index (χ1v) is 9.59. The lowest BCUT2D eigenvalue weighted by Crippen LogP contribution is -2.19. The zero-order valence-electron chi connectivity index (χ0n) is 14.6. The molecule has 0 spiro atoms. The molecule has 0 bridgehead atoms. The van der Waals surface area contributed by atoms with Gasteiger partial charge in [0.25, 0.3) is 5.56 Å². The van der Waals surface area contributed by atoms with Crippen molar-refractivity contribution in [2.45, 2.75) is 43.5 Å². The van der Waals surface area contributed by atoms with Crippen LogP contribution >= 0.6 is 11.6 Å². The van der Waals surface area contributed by atoms with E-state index in [1.165, 1.54) is 39.8 Å². The Hall–Kier alpha value is -2.13. The number of nitrogens with one attached hydrogen (secondary N) is 2. The van der Waals surface area contributed by atoms with Crippen LogP contribution < -0.4 is 10.9 Å². The van der Waals surface area contributed by atoms with Crippen molar-refractivity contribution in [3.05, 3.63) is 39.3 Å². The van der Waals surface area contributed by atoms with Gasteiger partial charge in [-0.25, -0.2) is 17.8 Å². The number of hydrogen-bond acceptors (Lipinski definition) is 6. The number of anilines is 2. The van der Waals surface area contributed by atoms with Gasteiger partial charge in [-0.15, -0.1) is 0 Å². The molecule has 0 atom stereocenters. The first kappa shape index (κ1) is 20.2. The fourth-order valence-corrected chi connectivity index (χ4v) is 3.77. The number of phenolic OH excluding ortho intramolecular Hbond substituents is 1. The average molecular weight is 404 g/mol. The molecule has 0 radical (unpaired) electrons. The Morgan fingerprint density at radius 1 is 1.35 bits per heavy atom. The van der Waals surface area contributed by atoms with Gasteiger partial charge in [-0.2, -0.15) is 0 Å². The van der Waals surface area contributed by atoms with Crippen molar-refractivity contribution in [3.8, 4) is 5.75 Å². The monoisotopic (exact) mass is 403 g/mol. The quantitative estimate of drug-likeness (QED) is 0.660. The van der Waals surface area contributed by atoms with Crippen molar-refractivity contribution in [1.82, 2.24) is 9.97 Å². The van der Waals surface area contributed by atoms with Crippen LogP contribution in [-0.2, 0) is 15.5 Å². The molecular formula is C16H19ClFN3O4S. The maximum atomic E-state index is 14.1. The molecular weight excluding hydrogens is 385 g/mol. The summed E-state index contributed by atoms with van der Waals surface area (Å²) in [5.74, 6) is -0.762. The Bertz CT molecular complexity index is 998. The van der Waals surface area contributed by atoms with E-state index >= 15 is 0 Å². The highest BCUT2D eigenvalue weighted by Gasteiger charge is 2.28. The van der Waals surface area contributed by atoms with Crippen LogP contribution in [-0.4, -0.2) is 28.7 Å². The molecule has 3 N–H and O–H groups in total. The van der Waals surface area contributed by atoms with Gasteiger partial charge in [-0.05, 0) is 39.8 Å². The van der Waals surface area contributed by atoms with Crippen molar-refractivity contribution in [2.24, 2.45) is 0 Å². The molecule has 10 heteroatoms. The van der Waals surface area contributed by atoms with Crippen LogP contribution in [0.25, 0.3) is 0 Å². The maximum Gasteiger partial charge on any atom is 0.252 e. The van der Waals surface area contributed by atoms with Gasteiger partial charge in [0.2, 0.25) is 5.95 Å². The number of nitrogens with zero attached hydrogens (tertiary/aromatic N) is 1. The van der Waals surface area contributed by atoms with Gasteiger partial charge in [0.1, 0.15) is 10.6 Å². The van der Waals surface area contributed by atoms with E-state index in [-0.39, 0.29) is 22.4 Å². The summed E-state index contributed by atoms with van der Waals surface area (Å²) in [7, 11) is -3.87. The average Bonchev–Trinajstić information content (AvgIpc) is 2.48. The summed E-state index contributed by atoms with van der Waals surface area (Å²) < 4.78 is 38.9. The van der Waals surface area contributed by atoms with E-state index in [9.17, 15) is 22.7 Å².